The lowest BCUT2D eigenvalue weighted by molar-refractivity contribution is -0.117. The van der Waals surface area contributed by atoms with Crippen molar-refractivity contribution in [3.8, 4) is 0 Å². The average Bonchev–Trinajstić information content (AvgIpc) is 3.45. The molecule has 3 aromatic heterocycles. The minimum atomic E-state index is -0.538. The van der Waals surface area contributed by atoms with E-state index in [1.807, 2.05) is 23.1 Å². The van der Waals surface area contributed by atoms with Crippen molar-refractivity contribution >= 4 is 29.2 Å². The van der Waals surface area contributed by atoms with Crippen LogP contribution in [-0.2, 0) is 17.6 Å². The Balaban J connectivity index is 1.37. The Hall–Kier alpha value is -3.62. The van der Waals surface area contributed by atoms with Gasteiger partial charge in [0.25, 0.3) is 0 Å². The van der Waals surface area contributed by atoms with Crippen LogP contribution in [0, 0.1) is 5.95 Å². The summed E-state index contributed by atoms with van der Waals surface area (Å²) < 4.78 is 13.2. The van der Waals surface area contributed by atoms with Gasteiger partial charge in [-0.05, 0) is 56.4 Å². The van der Waals surface area contributed by atoms with Crippen molar-refractivity contribution in [1.82, 2.24) is 19.9 Å². The molecule has 1 fully saturated rings. The van der Waals surface area contributed by atoms with E-state index in [2.05, 4.69) is 30.6 Å². The first-order valence-electron chi connectivity index (χ1n) is 10.4. The average molecular weight is 419 g/mol. The Morgan fingerprint density at radius 3 is 2.84 bits per heavy atom. The van der Waals surface area contributed by atoms with Crippen molar-refractivity contribution in [2.24, 2.45) is 0 Å². The van der Waals surface area contributed by atoms with E-state index < -0.39 is 5.95 Å². The number of carbonyl (C=O) groups is 1. The summed E-state index contributed by atoms with van der Waals surface area (Å²) in [6, 6.07) is 8.20. The molecule has 1 atom stereocenters. The number of nitrogens with zero attached hydrogens (tertiary/aromatic N) is 5. The van der Waals surface area contributed by atoms with Gasteiger partial charge in [-0.15, -0.1) is 0 Å². The Bertz CT molecular complexity index is 1090. The zero-order chi connectivity index (χ0) is 21.2. The maximum absolute atomic E-state index is 13.2. The highest BCUT2D eigenvalue weighted by molar-refractivity contribution is 5.96. The number of hydrogen-bond acceptors (Lipinski definition) is 7. The molecule has 9 heteroatoms. The summed E-state index contributed by atoms with van der Waals surface area (Å²) in [4.78, 5) is 32.2. The quantitative estimate of drug-likeness (QED) is 0.613. The fourth-order valence-corrected chi connectivity index (χ4v) is 4.23. The summed E-state index contributed by atoms with van der Waals surface area (Å²) in [6.45, 7) is 0.711. The number of aromatic nitrogens is 4. The molecule has 2 aliphatic rings. The molecule has 31 heavy (non-hydrogen) atoms. The molecule has 8 nitrogen and oxygen atoms in total. The lowest BCUT2D eigenvalue weighted by Crippen LogP contribution is -2.40. The Labute approximate surface area is 179 Å². The number of nitrogens with one attached hydrogen (secondary N) is 2. The predicted molar refractivity (Wildman–Crippen MR) is 115 cm³/mol. The molecule has 0 saturated carbocycles. The van der Waals surface area contributed by atoms with E-state index in [1.54, 1.807) is 12.3 Å². The summed E-state index contributed by atoms with van der Waals surface area (Å²) in [6.07, 6.45) is 7.50. The lowest BCUT2D eigenvalue weighted by Gasteiger charge is -2.25. The second kappa shape index (κ2) is 8.25. The molecule has 158 valence electrons. The molecule has 1 unspecified atom stereocenters. The first-order valence-corrected chi connectivity index (χ1v) is 10.4. The third-order valence-corrected chi connectivity index (χ3v) is 5.68. The van der Waals surface area contributed by atoms with E-state index in [1.165, 1.54) is 12.3 Å². The molecule has 1 amide bonds. The molecule has 3 aromatic rings. The normalized spacial score (nSPS) is 17.5. The van der Waals surface area contributed by atoms with Crippen LogP contribution in [0.15, 0.2) is 42.7 Å². The summed E-state index contributed by atoms with van der Waals surface area (Å²) >= 11 is 0. The second-order valence-electron chi connectivity index (χ2n) is 7.69. The van der Waals surface area contributed by atoms with E-state index in [0.29, 0.717) is 24.6 Å². The molecule has 1 saturated heterocycles. The first kappa shape index (κ1) is 19.3. The SMILES string of the molecule is O=C(Nc1nc2c(c(Nc3ccccn3)n1)CCC2)C1CCCN1c1ccc(F)nc1. The van der Waals surface area contributed by atoms with Gasteiger partial charge in [0.15, 0.2) is 0 Å². The maximum atomic E-state index is 13.2. The summed E-state index contributed by atoms with van der Waals surface area (Å²) in [5.41, 5.74) is 2.75. The van der Waals surface area contributed by atoms with Crippen molar-refractivity contribution in [1.29, 1.82) is 0 Å². The topological polar surface area (TPSA) is 95.9 Å². The molecule has 1 aliphatic carbocycles. The monoisotopic (exact) mass is 419 g/mol. The molecule has 1 aliphatic heterocycles. The van der Waals surface area contributed by atoms with Gasteiger partial charge in [-0.1, -0.05) is 6.07 Å². The predicted octanol–water partition coefficient (Wildman–Crippen LogP) is 3.25. The molecular weight excluding hydrogens is 397 g/mol. The van der Waals surface area contributed by atoms with Gasteiger partial charge in [-0.3, -0.25) is 10.1 Å². The molecule has 0 radical (unpaired) electrons. The third kappa shape index (κ3) is 4.03. The lowest BCUT2D eigenvalue weighted by atomic mass is 10.2. The van der Waals surface area contributed by atoms with Crippen LogP contribution in [0.4, 0.5) is 27.7 Å². The Morgan fingerprint density at radius 1 is 1.10 bits per heavy atom. The van der Waals surface area contributed by atoms with E-state index in [9.17, 15) is 9.18 Å². The number of rotatable bonds is 5. The molecule has 0 bridgehead atoms. The minimum absolute atomic E-state index is 0.177. The van der Waals surface area contributed by atoms with Crippen molar-refractivity contribution in [3.63, 3.8) is 0 Å². The highest BCUT2D eigenvalue weighted by atomic mass is 19.1. The molecular formula is C22H22FN7O. The van der Waals surface area contributed by atoms with E-state index in [4.69, 9.17) is 0 Å². The van der Waals surface area contributed by atoms with Gasteiger partial charge < -0.3 is 10.2 Å². The molecule has 5 rings (SSSR count). The number of hydrogen-bond donors (Lipinski definition) is 2. The molecule has 4 heterocycles. The maximum Gasteiger partial charge on any atom is 0.249 e. The first-order chi connectivity index (χ1) is 15.2. The van der Waals surface area contributed by atoms with Gasteiger partial charge >= 0.3 is 0 Å². The zero-order valence-electron chi connectivity index (χ0n) is 16.9. The van der Waals surface area contributed by atoms with Gasteiger partial charge in [0, 0.05) is 18.3 Å². The summed E-state index contributed by atoms with van der Waals surface area (Å²) in [7, 11) is 0. The number of anilines is 4. The van der Waals surface area contributed by atoms with Crippen LogP contribution in [0.3, 0.4) is 0 Å². The van der Waals surface area contributed by atoms with E-state index in [0.717, 1.165) is 42.6 Å². The standard InChI is InChI=1S/C22H22FN7O/c23-18-10-9-14(13-25-18)30-12-4-7-17(30)21(31)29-22-26-16-6-3-5-15(16)20(28-22)27-19-8-1-2-11-24-19/h1-2,8-11,13,17H,3-7,12H2,(H2,24,26,27,28,29,31). The smallest absolute Gasteiger partial charge is 0.249 e. The van der Waals surface area contributed by atoms with Crippen LogP contribution in [0.2, 0.25) is 0 Å². The number of fused-ring (bicyclic) bond motifs is 1. The highest BCUT2D eigenvalue weighted by Crippen LogP contribution is 2.30. The number of halogens is 1. The van der Waals surface area contributed by atoms with Crippen LogP contribution in [0.5, 0.6) is 0 Å². The largest absolute Gasteiger partial charge is 0.358 e. The number of aryl methyl sites for hydroxylation is 1. The van der Waals surface area contributed by atoms with E-state index in [-0.39, 0.29) is 17.9 Å². The van der Waals surface area contributed by atoms with Gasteiger partial charge in [0.05, 0.1) is 17.6 Å². The van der Waals surface area contributed by atoms with Crippen molar-refractivity contribution in [2.45, 2.75) is 38.1 Å². The second-order valence-corrected chi connectivity index (χ2v) is 7.69. The summed E-state index contributed by atoms with van der Waals surface area (Å²) in [5.74, 6) is 0.945. The van der Waals surface area contributed by atoms with Crippen LogP contribution < -0.4 is 15.5 Å². The third-order valence-electron chi connectivity index (χ3n) is 5.68. The zero-order valence-corrected chi connectivity index (χ0v) is 16.9. The fourth-order valence-electron chi connectivity index (χ4n) is 4.23. The molecule has 0 spiro atoms. The molecule has 2 N–H and O–H groups in total. The van der Waals surface area contributed by atoms with Crippen molar-refractivity contribution in [2.75, 3.05) is 22.1 Å². The Kier molecular flexibility index (Phi) is 5.15. The van der Waals surface area contributed by atoms with Gasteiger partial charge in [0.1, 0.15) is 17.7 Å². The van der Waals surface area contributed by atoms with Gasteiger partial charge in [0.2, 0.25) is 17.8 Å². The number of carbonyl (C=O) groups excluding carboxylic acids is 1. The van der Waals surface area contributed by atoms with Crippen LogP contribution in [-0.4, -0.2) is 38.4 Å². The van der Waals surface area contributed by atoms with Crippen LogP contribution in [0.1, 0.15) is 30.5 Å². The van der Waals surface area contributed by atoms with Crippen LogP contribution >= 0.6 is 0 Å². The molecule has 0 aromatic carbocycles. The van der Waals surface area contributed by atoms with E-state index >= 15 is 0 Å². The van der Waals surface area contributed by atoms with Crippen molar-refractivity contribution in [3.05, 3.63) is 59.9 Å². The number of pyridine rings is 2. The van der Waals surface area contributed by atoms with Gasteiger partial charge in [-0.25, -0.2) is 15.0 Å². The Morgan fingerprint density at radius 2 is 2.03 bits per heavy atom. The fraction of sp³-hybridized carbons (Fsp3) is 0.318. The number of amides is 1. The van der Waals surface area contributed by atoms with Crippen LogP contribution in [0.25, 0.3) is 0 Å². The summed E-state index contributed by atoms with van der Waals surface area (Å²) in [5, 5.41) is 6.15. The highest BCUT2D eigenvalue weighted by Gasteiger charge is 2.32. The van der Waals surface area contributed by atoms with Crippen molar-refractivity contribution < 1.29 is 9.18 Å². The minimum Gasteiger partial charge on any atom is -0.358 e. The van der Waals surface area contributed by atoms with Gasteiger partial charge in [-0.2, -0.15) is 9.37 Å².